The van der Waals surface area contributed by atoms with Gasteiger partial charge in [0.2, 0.25) is 0 Å². The predicted molar refractivity (Wildman–Crippen MR) is 137 cm³/mol. The number of anilines is 1. The summed E-state index contributed by atoms with van der Waals surface area (Å²) in [6.07, 6.45) is 0.700. The van der Waals surface area contributed by atoms with Crippen molar-refractivity contribution < 1.29 is 13.9 Å². The summed E-state index contributed by atoms with van der Waals surface area (Å²) in [6, 6.07) is 26.2. The molecule has 0 radical (unpaired) electrons. The zero-order chi connectivity index (χ0) is 23.8. The molecule has 0 spiro atoms. The van der Waals surface area contributed by atoms with Crippen LogP contribution in [0.15, 0.2) is 98.6 Å². The van der Waals surface area contributed by atoms with Crippen LogP contribution in [-0.2, 0) is 11.3 Å². The van der Waals surface area contributed by atoms with Crippen LogP contribution in [0, 0.1) is 0 Å². The number of nitrogens with one attached hydrogen (secondary N) is 1. The summed E-state index contributed by atoms with van der Waals surface area (Å²) in [5.41, 5.74) is 1.93. The summed E-state index contributed by atoms with van der Waals surface area (Å²) in [7, 11) is 0. The summed E-state index contributed by atoms with van der Waals surface area (Å²) in [5, 5.41) is 4.17. The van der Waals surface area contributed by atoms with Gasteiger partial charge in [-0.15, -0.1) is 0 Å². The predicted octanol–water partition coefficient (Wildman–Crippen LogP) is 5.47. The van der Waals surface area contributed by atoms with E-state index in [0.717, 1.165) is 21.1 Å². The quantitative estimate of drug-likeness (QED) is 0.222. The Labute approximate surface area is 206 Å². The fourth-order valence-electron chi connectivity index (χ4n) is 3.61. The van der Waals surface area contributed by atoms with Crippen LogP contribution < -0.4 is 15.7 Å². The summed E-state index contributed by atoms with van der Waals surface area (Å²) in [6.45, 7) is 1.61. The van der Waals surface area contributed by atoms with Crippen LogP contribution in [0.5, 0.6) is 5.75 Å². The molecule has 6 nitrogen and oxygen atoms in total. The number of fused-ring (bicyclic) bond motifs is 1. The monoisotopic (exact) mass is 520 g/mol. The van der Waals surface area contributed by atoms with Crippen LogP contribution in [0.1, 0.15) is 12.0 Å². The number of rotatable bonds is 10. The summed E-state index contributed by atoms with van der Waals surface area (Å²) >= 11 is 3.40. The lowest BCUT2D eigenvalue weighted by atomic mass is 10.2. The van der Waals surface area contributed by atoms with Crippen molar-refractivity contribution in [2.45, 2.75) is 13.0 Å². The minimum Gasteiger partial charge on any atom is -0.484 e. The highest BCUT2D eigenvalue weighted by atomic mass is 79.9. The second kappa shape index (κ2) is 11.5. The number of carbonyl (C=O) groups is 1. The van der Waals surface area contributed by atoms with Crippen molar-refractivity contribution in [1.82, 2.24) is 4.90 Å². The molecule has 0 bridgehead atoms. The molecule has 1 aromatic heterocycles. The van der Waals surface area contributed by atoms with Crippen molar-refractivity contribution in [3.05, 3.63) is 105 Å². The largest absolute Gasteiger partial charge is 0.484 e. The second-order valence-electron chi connectivity index (χ2n) is 7.80. The van der Waals surface area contributed by atoms with E-state index in [1.807, 2.05) is 72.8 Å². The third-order valence-corrected chi connectivity index (χ3v) is 5.84. The molecule has 1 amide bonds. The maximum Gasteiger partial charge on any atom is 0.338 e. The van der Waals surface area contributed by atoms with Crippen molar-refractivity contribution in [2.75, 3.05) is 25.0 Å². The number of nitrogens with zero attached hydrogens (tertiary/aromatic N) is 1. The molecule has 0 atom stereocenters. The number of amides is 1. The summed E-state index contributed by atoms with van der Waals surface area (Å²) in [4.78, 5) is 26.7. The topological polar surface area (TPSA) is 71.8 Å². The third kappa shape index (κ3) is 6.48. The number of para-hydroxylation sites is 1. The summed E-state index contributed by atoms with van der Waals surface area (Å²) in [5.74, 6) is 0.560. The zero-order valence-corrected chi connectivity index (χ0v) is 20.2. The van der Waals surface area contributed by atoms with Gasteiger partial charge in [-0.05, 0) is 48.4 Å². The van der Waals surface area contributed by atoms with Gasteiger partial charge in [0.1, 0.15) is 11.3 Å². The number of hydrogen-bond acceptors (Lipinski definition) is 5. The Bertz CT molecular complexity index is 1290. The van der Waals surface area contributed by atoms with Crippen LogP contribution >= 0.6 is 15.9 Å². The van der Waals surface area contributed by atoms with Crippen LogP contribution in [0.2, 0.25) is 0 Å². The maximum atomic E-state index is 13.0. The van der Waals surface area contributed by atoms with Gasteiger partial charge in [-0.2, -0.15) is 0 Å². The average Bonchev–Trinajstić information content (AvgIpc) is 2.85. The van der Waals surface area contributed by atoms with Crippen molar-refractivity contribution in [3.63, 3.8) is 0 Å². The molecule has 0 fully saturated rings. The Morgan fingerprint density at radius 3 is 2.50 bits per heavy atom. The molecule has 4 rings (SSSR count). The Kier molecular flexibility index (Phi) is 7.99. The van der Waals surface area contributed by atoms with Crippen molar-refractivity contribution >= 4 is 38.5 Å². The normalized spacial score (nSPS) is 10.7. The van der Waals surface area contributed by atoms with Gasteiger partial charge >= 0.3 is 5.63 Å². The van der Waals surface area contributed by atoms with Crippen LogP contribution in [0.3, 0.4) is 0 Å². The van der Waals surface area contributed by atoms with E-state index in [4.69, 9.17) is 9.15 Å². The zero-order valence-electron chi connectivity index (χ0n) is 18.6. The fourth-order valence-corrected chi connectivity index (χ4v) is 3.88. The third-order valence-electron chi connectivity index (χ3n) is 5.32. The van der Waals surface area contributed by atoms with E-state index in [9.17, 15) is 9.59 Å². The molecular formula is C27H25BrN2O4. The minimum absolute atomic E-state index is 0.0355. The van der Waals surface area contributed by atoms with Gasteiger partial charge in [0.15, 0.2) is 6.61 Å². The fraction of sp³-hybridized carbons (Fsp3) is 0.185. The molecule has 4 aromatic rings. The Balaban J connectivity index is 1.38. The SMILES string of the molecule is O=C(COc1ccc(Br)cc1)N(CCCNc1cc(=O)oc2ccccc12)Cc1ccccc1. The van der Waals surface area contributed by atoms with Gasteiger partial charge in [-0.3, -0.25) is 4.79 Å². The molecular weight excluding hydrogens is 496 g/mol. The molecule has 0 aliphatic heterocycles. The summed E-state index contributed by atoms with van der Waals surface area (Å²) < 4.78 is 11.9. The Morgan fingerprint density at radius 2 is 1.71 bits per heavy atom. The molecule has 34 heavy (non-hydrogen) atoms. The molecule has 0 aliphatic carbocycles. The Hall–Kier alpha value is -3.58. The molecule has 0 saturated carbocycles. The number of ether oxygens (including phenoxy) is 1. The van der Waals surface area contributed by atoms with E-state index in [0.29, 0.717) is 37.4 Å². The van der Waals surface area contributed by atoms with Gasteiger partial charge in [-0.25, -0.2) is 4.79 Å². The number of carbonyl (C=O) groups excluding carboxylic acids is 1. The van der Waals surface area contributed by atoms with E-state index in [1.54, 1.807) is 11.0 Å². The van der Waals surface area contributed by atoms with Crippen LogP contribution in [0.25, 0.3) is 11.0 Å². The highest BCUT2D eigenvalue weighted by Crippen LogP contribution is 2.21. The van der Waals surface area contributed by atoms with Crippen LogP contribution in [-0.4, -0.2) is 30.5 Å². The lowest BCUT2D eigenvalue weighted by molar-refractivity contribution is -0.134. The van der Waals surface area contributed by atoms with E-state index >= 15 is 0 Å². The number of halogens is 1. The lowest BCUT2D eigenvalue weighted by Crippen LogP contribution is -2.36. The standard InChI is InChI=1S/C27H25BrN2O4/c28-21-11-13-22(14-12-21)33-19-26(31)30(18-20-7-2-1-3-8-20)16-6-15-29-24-17-27(32)34-25-10-5-4-9-23(24)25/h1-5,7-14,17,29H,6,15-16,18-19H2. The highest BCUT2D eigenvalue weighted by molar-refractivity contribution is 9.10. The van der Waals surface area contributed by atoms with Gasteiger partial charge in [0.05, 0.1) is 5.69 Å². The molecule has 7 heteroatoms. The van der Waals surface area contributed by atoms with Crippen molar-refractivity contribution in [2.24, 2.45) is 0 Å². The van der Waals surface area contributed by atoms with Crippen molar-refractivity contribution in [1.29, 1.82) is 0 Å². The highest BCUT2D eigenvalue weighted by Gasteiger charge is 2.15. The first kappa shape index (κ1) is 23.6. The number of hydrogen-bond donors (Lipinski definition) is 1. The first-order chi connectivity index (χ1) is 16.6. The van der Waals surface area contributed by atoms with Crippen molar-refractivity contribution in [3.8, 4) is 5.75 Å². The first-order valence-electron chi connectivity index (χ1n) is 11.1. The van der Waals surface area contributed by atoms with E-state index in [-0.39, 0.29) is 12.5 Å². The molecule has 1 heterocycles. The van der Waals surface area contributed by atoms with Gasteiger partial charge in [-0.1, -0.05) is 58.4 Å². The molecule has 0 unspecified atom stereocenters. The lowest BCUT2D eigenvalue weighted by Gasteiger charge is -2.23. The average molecular weight is 521 g/mol. The van der Waals surface area contributed by atoms with E-state index in [2.05, 4.69) is 21.2 Å². The molecule has 0 aliphatic rings. The maximum absolute atomic E-state index is 13.0. The molecule has 1 N–H and O–H groups in total. The molecule has 3 aromatic carbocycles. The second-order valence-corrected chi connectivity index (χ2v) is 8.71. The molecule has 0 saturated heterocycles. The molecule has 174 valence electrons. The number of benzene rings is 3. The first-order valence-corrected chi connectivity index (χ1v) is 11.8. The smallest absolute Gasteiger partial charge is 0.338 e. The van der Waals surface area contributed by atoms with Gasteiger partial charge < -0.3 is 19.4 Å². The minimum atomic E-state index is -0.396. The van der Waals surface area contributed by atoms with Gasteiger partial charge in [0, 0.05) is 35.6 Å². The Morgan fingerprint density at radius 1 is 0.971 bits per heavy atom. The van der Waals surface area contributed by atoms with Gasteiger partial charge in [0.25, 0.3) is 5.91 Å². The van der Waals surface area contributed by atoms with E-state index < -0.39 is 5.63 Å². The van der Waals surface area contributed by atoms with Crippen LogP contribution in [0.4, 0.5) is 5.69 Å². The van der Waals surface area contributed by atoms with E-state index in [1.165, 1.54) is 6.07 Å².